The van der Waals surface area contributed by atoms with Crippen LogP contribution in [0.4, 0.5) is 15.8 Å². The molecular weight excluding hydrogens is 247 g/mol. The van der Waals surface area contributed by atoms with Crippen LogP contribution < -0.4 is 5.32 Å². The van der Waals surface area contributed by atoms with E-state index in [9.17, 15) is 24.1 Å². The lowest BCUT2D eigenvalue weighted by molar-refractivity contribution is -0.384. The summed E-state index contributed by atoms with van der Waals surface area (Å²) >= 11 is 0. The number of nitro benzene ring substituents is 1. The van der Waals surface area contributed by atoms with Crippen LogP contribution in [0.5, 0.6) is 0 Å². The average molecular weight is 256 g/mol. The second-order valence-corrected chi connectivity index (χ2v) is 3.36. The molecule has 0 aromatic heterocycles. The summed E-state index contributed by atoms with van der Waals surface area (Å²) in [4.78, 5) is 31.4. The summed E-state index contributed by atoms with van der Waals surface area (Å²) in [6.07, 6.45) is -0.752. The van der Waals surface area contributed by atoms with Crippen LogP contribution in [0.3, 0.4) is 0 Å². The summed E-state index contributed by atoms with van der Waals surface area (Å²) in [5.74, 6) is -2.64. The van der Waals surface area contributed by atoms with Crippen molar-refractivity contribution in [2.75, 3.05) is 5.32 Å². The lowest BCUT2D eigenvalue weighted by atomic mass is 10.2. The molecule has 0 unspecified atom stereocenters. The smallest absolute Gasteiger partial charge is 0.303 e. The molecule has 0 aliphatic heterocycles. The van der Waals surface area contributed by atoms with Gasteiger partial charge in [0.25, 0.3) is 5.69 Å². The standard InChI is InChI=1S/C10H9FN2O5/c11-6-1-2-8(13(17)18)7(5-6)12-9(14)3-4-10(15)16/h1-2,5H,3-4H2,(H,12,14)(H,15,16). The van der Waals surface area contributed by atoms with Crippen LogP contribution in [0.1, 0.15) is 12.8 Å². The zero-order valence-electron chi connectivity index (χ0n) is 9.05. The number of carboxylic acid groups (broad SMARTS) is 1. The van der Waals surface area contributed by atoms with Crippen molar-refractivity contribution >= 4 is 23.3 Å². The predicted molar refractivity (Wildman–Crippen MR) is 58.6 cm³/mol. The first-order chi connectivity index (χ1) is 8.40. The minimum absolute atomic E-state index is 0.296. The summed E-state index contributed by atoms with van der Waals surface area (Å²) < 4.78 is 12.9. The summed E-state index contributed by atoms with van der Waals surface area (Å²) in [5.41, 5.74) is -0.754. The number of carbonyl (C=O) groups is 2. The topological polar surface area (TPSA) is 110 Å². The number of benzene rings is 1. The van der Waals surface area contributed by atoms with Crippen molar-refractivity contribution in [1.29, 1.82) is 0 Å². The molecule has 2 N–H and O–H groups in total. The lowest BCUT2D eigenvalue weighted by Crippen LogP contribution is -2.14. The monoisotopic (exact) mass is 256 g/mol. The van der Waals surface area contributed by atoms with E-state index in [1.165, 1.54) is 0 Å². The van der Waals surface area contributed by atoms with E-state index in [1.807, 2.05) is 0 Å². The Labute approximate surface area is 100 Å². The number of aliphatic carboxylic acids is 1. The van der Waals surface area contributed by atoms with Crippen molar-refractivity contribution in [3.63, 3.8) is 0 Å². The molecule has 0 heterocycles. The largest absolute Gasteiger partial charge is 0.481 e. The second-order valence-electron chi connectivity index (χ2n) is 3.36. The minimum Gasteiger partial charge on any atom is -0.481 e. The summed E-state index contributed by atoms with van der Waals surface area (Å²) in [7, 11) is 0. The van der Waals surface area contributed by atoms with Gasteiger partial charge in [0.1, 0.15) is 11.5 Å². The van der Waals surface area contributed by atoms with E-state index in [2.05, 4.69) is 5.32 Å². The summed E-state index contributed by atoms with van der Waals surface area (Å²) in [5, 5.41) is 21.1. The summed E-state index contributed by atoms with van der Waals surface area (Å²) in [6.45, 7) is 0. The molecule has 1 amide bonds. The third-order valence-electron chi connectivity index (χ3n) is 2.00. The van der Waals surface area contributed by atoms with Crippen LogP contribution in [0.25, 0.3) is 0 Å². The van der Waals surface area contributed by atoms with Crippen molar-refractivity contribution < 1.29 is 24.0 Å². The number of hydrogen-bond acceptors (Lipinski definition) is 4. The first kappa shape index (κ1) is 13.6. The number of halogens is 1. The maximum atomic E-state index is 12.9. The van der Waals surface area contributed by atoms with Gasteiger partial charge in [0, 0.05) is 18.6 Å². The Balaban J connectivity index is 2.82. The van der Waals surface area contributed by atoms with Gasteiger partial charge in [-0.3, -0.25) is 19.7 Å². The van der Waals surface area contributed by atoms with Gasteiger partial charge in [0.2, 0.25) is 5.91 Å². The number of amides is 1. The minimum atomic E-state index is -1.17. The molecule has 7 nitrogen and oxygen atoms in total. The Kier molecular flexibility index (Phi) is 4.30. The number of nitrogens with zero attached hydrogens (tertiary/aromatic N) is 1. The van der Waals surface area contributed by atoms with Crippen LogP contribution >= 0.6 is 0 Å². The highest BCUT2D eigenvalue weighted by atomic mass is 19.1. The van der Waals surface area contributed by atoms with Crippen molar-refractivity contribution in [2.24, 2.45) is 0 Å². The highest BCUT2D eigenvalue weighted by Crippen LogP contribution is 2.25. The highest BCUT2D eigenvalue weighted by molar-refractivity contribution is 5.94. The number of hydrogen-bond donors (Lipinski definition) is 2. The van der Waals surface area contributed by atoms with Gasteiger partial charge in [-0.25, -0.2) is 4.39 Å². The SMILES string of the molecule is O=C(O)CCC(=O)Nc1cc(F)ccc1[N+](=O)[O-]. The number of nitrogens with one attached hydrogen (secondary N) is 1. The van der Waals surface area contributed by atoms with Crippen LogP contribution in [0.2, 0.25) is 0 Å². The van der Waals surface area contributed by atoms with E-state index in [4.69, 9.17) is 5.11 Å². The second kappa shape index (κ2) is 5.71. The maximum Gasteiger partial charge on any atom is 0.303 e. The van der Waals surface area contributed by atoms with Gasteiger partial charge in [0.05, 0.1) is 11.3 Å². The molecule has 1 rings (SSSR count). The Morgan fingerprint density at radius 2 is 2.06 bits per heavy atom. The van der Waals surface area contributed by atoms with E-state index in [-0.39, 0.29) is 12.1 Å². The first-order valence-electron chi connectivity index (χ1n) is 4.85. The Morgan fingerprint density at radius 3 is 2.61 bits per heavy atom. The number of anilines is 1. The van der Waals surface area contributed by atoms with Crippen LogP contribution in [-0.4, -0.2) is 21.9 Å². The lowest BCUT2D eigenvalue weighted by Gasteiger charge is -2.05. The molecule has 1 aromatic carbocycles. The van der Waals surface area contributed by atoms with Gasteiger partial charge < -0.3 is 10.4 Å². The third kappa shape index (κ3) is 3.81. The van der Waals surface area contributed by atoms with Gasteiger partial charge in [0.15, 0.2) is 0 Å². The Morgan fingerprint density at radius 1 is 1.39 bits per heavy atom. The fourth-order valence-electron chi connectivity index (χ4n) is 1.20. The molecule has 0 saturated carbocycles. The number of nitro groups is 1. The molecule has 0 fully saturated rings. The molecule has 8 heteroatoms. The molecule has 0 bridgehead atoms. The zero-order chi connectivity index (χ0) is 13.7. The van der Waals surface area contributed by atoms with Gasteiger partial charge in [-0.2, -0.15) is 0 Å². The Hall–Kier alpha value is -2.51. The molecule has 0 spiro atoms. The van der Waals surface area contributed by atoms with Crippen LogP contribution in [-0.2, 0) is 9.59 Å². The summed E-state index contributed by atoms with van der Waals surface area (Å²) in [6, 6.07) is 2.62. The van der Waals surface area contributed by atoms with Gasteiger partial charge in [-0.15, -0.1) is 0 Å². The van der Waals surface area contributed by atoms with Gasteiger partial charge >= 0.3 is 5.97 Å². The third-order valence-corrected chi connectivity index (χ3v) is 2.00. The van der Waals surface area contributed by atoms with E-state index < -0.39 is 34.7 Å². The quantitative estimate of drug-likeness (QED) is 0.613. The molecule has 0 aliphatic carbocycles. The van der Waals surface area contributed by atoms with E-state index in [0.29, 0.717) is 0 Å². The average Bonchev–Trinajstić information content (AvgIpc) is 2.26. The van der Waals surface area contributed by atoms with Gasteiger partial charge in [-0.05, 0) is 6.07 Å². The number of rotatable bonds is 5. The zero-order valence-corrected chi connectivity index (χ0v) is 9.05. The molecule has 0 saturated heterocycles. The Bertz CT molecular complexity index is 503. The van der Waals surface area contributed by atoms with Crippen molar-refractivity contribution in [3.05, 3.63) is 34.1 Å². The fourth-order valence-corrected chi connectivity index (χ4v) is 1.20. The van der Waals surface area contributed by atoms with Gasteiger partial charge in [-0.1, -0.05) is 0 Å². The molecule has 0 aliphatic rings. The number of carbonyl (C=O) groups excluding carboxylic acids is 1. The molecule has 0 radical (unpaired) electrons. The van der Waals surface area contributed by atoms with Crippen LogP contribution in [0.15, 0.2) is 18.2 Å². The van der Waals surface area contributed by atoms with E-state index in [0.717, 1.165) is 18.2 Å². The van der Waals surface area contributed by atoms with Crippen molar-refractivity contribution in [2.45, 2.75) is 12.8 Å². The van der Waals surface area contributed by atoms with Crippen molar-refractivity contribution in [1.82, 2.24) is 0 Å². The first-order valence-corrected chi connectivity index (χ1v) is 4.85. The predicted octanol–water partition coefficient (Wildman–Crippen LogP) is 1.54. The molecule has 96 valence electrons. The molecule has 1 aromatic rings. The normalized spacial score (nSPS) is 9.83. The maximum absolute atomic E-state index is 12.9. The van der Waals surface area contributed by atoms with E-state index >= 15 is 0 Å². The molecular formula is C10H9FN2O5. The van der Waals surface area contributed by atoms with E-state index in [1.54, 1.807) is 0 Å². The van der Waals surface area contributed by atoms with Crippen LogP contribution in [0, 0.1) is 15.9 Å². The molecule has 0 atom stereocenters. The fraction of sp³-hybridized carbons (Fsp3) is 0.200. The number of carboxylic acids is 1. The highest BCUT2D eigenvalue weighted by Gasteiger charge is 2.16. The van der Waals surface area contributed by atoms with Crippen molar-refractivity contribution in [3.8, 4) is 0 Å². The molecule has 18 heavy (non-hydrogen) atoms.